The molecule has 1 saturated heterocycles. The van der Waals surface area contributed by atoms with E-state index < -0.39 is 5.92 Å². The van der Waals surface area contributed by atoms with Crippen molar-refractivity contribution in [3.05, 3.63) is 77.9 Å². The second-order valence-corrected chi connectivity index (χ2v) is 8.55. The maximum atomic E-state index is 13.4. The van der Waals surface area contributed by atoms with Crippen molar-refractivity contribution in [1.29, 1.82) is 5.26 Å². The lowest BCUT2D eigenvalue weighted by atomic mass is 10.0. The number of hydrogen-bond donors (Lipinski definition) is 0. The fraction of sp³-hybridized carbons (Fsp3) is 0.280. The fourth-order valence-corrected chi connectivity index (χ4v) is 4.70. The number of aromatic nitrogens is 2. The van der Waals surface area contributed by atoms with Crippen LogP contribution >= 0.6 is 0 Å². The topological polar surface area (TPSA) is 82.2 Å². The highest BCUT2D eigenvalue weighted by Crippen LogP contribution is 2.39. The monoisotopic (exact) mass is 425 g/mol. The lowest BCUT2D eigenvalue weighted by Crippen LogP contribution is -2.36. The molecule has 7 nitrogen and oxygen atoms in total. The van der Waals surface area contributed by atoms with E-state index in [0.29, 0.717) is 24.3 Å². The molecule has 2 unspecified atom stereocenters. The Morgan fingerprint density at radius 3 is 2.88 bits per heavy atom. The van der Waals surface area contributed by atoms with Crippen LogP contribution in [0.15, 0.2) is 61.2 Å². The summed E-state index contributed by atoms with van der Waals surface area (Å²) in [6, 6.07) is 15.3. The van der Waals surface area contributed by atoms with E-state index in [0.717, 1.165) is 12.2 Å². The van der Waals surface area contributed by atoms with E-state index in [9.17, 15) is 9.59 Å². The number of nitriles is 1. The summed E-state index contributed by atoms with van der Waals surface area (Å²) in [4.78, 5) is 33.7. The minimum absolute atomic E-state index is 0.00903. The number of nitrogens with zero attached hydrogens (tertiary/aromatic N) is 5. The maximum Gasteiger partial charge on any atom is 0.232 e. The molecule has 1 fully saturated rings. The lowest BCUT2D eigenvalue weighted by Gasteiger charge is -2.22. The minimum Gasteiger partial charge on any atom is -0.333 e. The van der Waals surface area contributed by atoms with E-state index in [1.54, 1.807) is 41.7 Å². The number of carbonyl (C=O) groups is 2. The Balaban J connectivity index is 1.34. The number of fused-ring (bicyclic) bond motifs is 1. The molecule has 3 aromatic rings. The van der Waals surface area contributed by atoms with Gasteiger partial charge in [0, 0.05) is 55.7 Å². The van der Waals surface area contributed by atoms with E-state index >= 15 is 0 Å². The number of benzene rings is 2. The smallest absolute Gasteiger partial charge is 0.232 e. The zero-order valence-electron chi connectivity index (χ0n) is 17.8. The van der Waals surface area contributed by atoms with Crippen LogP contribution in [-0.4, -0.2) is 34.5 Å². The fourth-order valence-electron chi connectivity index (χ4n) is 4.70. The highest BCUT2D eigenvalue weighted by Gasteiger charge is 2.40. The van der Waals surface area contributed by atoms with Crippen LogP contribution in [-0.2, 0) is 16.1 Å². The van der Waals surface area contributed by atoms with Gasteiger partial charge in [-0.05, 0) is 35.4 Å². The Bertz CT molecular complexity index is 1230. The Hall–Kier alpha value is -3.92. The van der Waals surface area contributed by atoms with Crippen molar-refractivity contribution in [3.63, 3.8) is 0 Å². The molecule has 32 heavy (non-hydrogen) atoms. The third-order valence-corrected chi connectivity index (χ3v) is 6.32. The summed E-state index contributed by atoms with van der Waals surface area (Å²) in [5.41, 5.74) is 4.44. The van der Waals surface area contributed by atoms with Gasteiger partial charge in [0.1, 0.15) is 0 Å². The third-order valence-electron chi connectivity index (χ3n) is 6.32. The zero-order chi connectivity index (χ0) is 22.2. The van der Waals surface area contributed by atoms with Crippen molar-refractivity contribution in [3.8, 4) is 6.07 Å². The quantitative estimate of drug-likeness (QED) is 0.642. The van der Waals surface area contributed by atoms with E-state index in [1.165, 1.54) is 11.1 Å². The second kappa shape index (κ2) is 7.97. The second-order valence-electron chi connectivity index (χ2n) is 8.55. The molecule has 2 aliphatic rings. The number of anilines is 2. The molecule has 2 amide bonds. The van der Waals surface area contributed by atoms with Gasteiger partial charge in [0.2, 0.25) is 11.8 Å². The predicted octanol–water partition coefficient (Wildman–Crippen LogP) is 3.31. The highest BCUT2D eigenvalue weighted by atomic mass is 16.2. The maximum absolute atomic E-state index is 13.4. The van der Waals surface area contributed by atoms with E-state index in [-0.39, 0.29) is 24.2 Å². The molecule has 3 heterocycles. The van der Waals surface area contributed by atoms with Gasteiger partial charge in [0.25, 0.3) is 0 Å². The third kappa shape index (κ3) is 3.54. The Morgan fingerprint density at radius 2 is 2.09 bits per heavy atom. The molecule has 2 atom stereocenters. The largest absolute Gasteiger partial charge is 0.333 e. The van der Waals surface area contributed by atoms with Gasteiger partial charge in [-0.25, -0.2) is 4.98 Å². The first-order valence-corrected chi connectivity index (χ1v) is 10.7. The number of imidazole rings is 1. The van der Waals surface area contributed by atoms with Crippen LogP contribution in [0.5, 0.6) is 0 Å². The van der Waals surface area contributed by atoms with Crippen molar-refractivity contribution in [2.24, 2.45) is 5.92 Å². The van der Waals surface area contributed by atoms with E-state index in [4.69, 9.17) is 5.26 Å². The van der Waals surface area contributed by atoms with Crippen molar-refractivity contribution >= 4 is 23.2 Å². The van der Waals surface area contributed by atoms with Crippen LogP contribution in [0.1, 0.15) is 36.0 Å². The summed E-state index contributed by atoms with van der Waals surface area (Å²) in [6.07, 6.45) is 5.68. The summed E-state index contributed by atoms with van der Waals surface area (Å²) >= 11 is 0. The van der Waals surface area contributed by atoms with Gasteiger partial charge in [0.15, 0.2) is 0 Å². The SMILES string of the molecule is CC1CN(C(=O)C2CC(=O)N(c3cccc(C#N)c3)C2)c2ccc(Cn3ccnc3)cc21. The first-order chi connectivity index (χ1) is 15.5. The normalized spacial score (nSPS) is 19.8. The van der Waals surface area contributed by atoms with Crippen molar-refractivity contribution in [2.45, 2.75) is 25.8 Å². The standard InChI is InChI=1S/C25H23N5O2/c1-17-13-30(23-6-5-19(10-22(17)23)14-28-8-7-27-16-28)25(32)20-11-24(31)29(15-20)21-4-2-3-18(9-21)12-26/h2-10,16-17,20H,11,13-15H2,1H3. The molecule has 1 aromatic heterocycles. The van der Waals surface area contributed by atoms with E-state index in [1.807, 2.05) is 21.7 Å². The molecule has 7 heteroatoms. The van der Waals surface area contributed by atoms with Crippen LogP contribution < -0.4 is 9.80 Å². The Kier molecular flexibility index (Phi) is 4.98. The molecule has 0 radical (unpaired) electrons. The van der Waals surface area contributed by atoms with E-state index in [2.05, 4.69) is 30.1 Å². The summed E-state index contributed by atoms with van der Waals surface area (Å²) in [5, 5.41) is 9.14. The Morgan fingerprint density at radius 1 is 1.22 bits per heavy atom. The molecule has 5 rings (SSSR count). The van der Waals surface area contributed by atoms with Crippen LogP contribution in [0.3, 0.4) is 0 Å². The predicted molar refractivity (Wildman–Crippen MR) is 120 cm³/mol. The molecular weight excluding hydrogens is 402 g/mol. The van der Waals surface area contributed by atoms with Crippen molar-refractivity contribution in [2.75, 3.05) is 22.9 Å². The molecule has 160 valence electrons. The number of carbonyl (C=O) groups excluding carboxylic acids is 2. The molecule has 0 spiro atoms. The van der Waals surface area contributed by atoms with Crippen LogP contribution in [0.25, 0.3) is 0 Å². The zero-order valence-corrected chi connectivity index (χ0v) is 17.8. The number of amides is 2. The van der Waals surface area contributed by atoms with Gasteiger partial charge >= 0.3 is 0 Å². The molecule has 0 aliphatic carbocycles. The summed E-state index contributed by atoms with van der Waals surface area (Å²) in [7, 11) is 0. The Labute approximate surface area is 186 Å². The van der Waals surface area contributed by atoms with Gasteiger partial charge in [-0.15, -0.1) is 0 Å². The number of hydrogen-bond acceptors (Lipinski definition) is 4. The highest BCUT2D eigenvalue weighted by molar-refractivity contribution is 6.05. The average molecular weight is 425 g/mol. The van der Waals surface area contributed by atoms with Gasteiger partial charge < -0.3 is 14.4 Å². The van der Waals surface area contributed by atoms with Gasteiger partial charge in [0.05, 0.1) is 23.9 Å². The first-order valence-electron chi connectivity index (χ1n) is 10.7. The summed E-state index contributed by atoms with van der Waals surface area (Å²) in [5.74, 6) is -0.249. The molecular formula is C25H23N5O2. The molecule has 0 saturated carbocycles. The van der Waals surface area contributed by atoms with Gasteiger partial charge in [-0.2, -0.15) is 5.26 Å². The molecule has 0 bridgehead atoms. The number of rotatable bonds is 4. The van der Waals surface area contributed by atoms with Crippen LogP contribution in [0.4, 0.5) is 11.4 Å². The first kappa shape index (κ1) is 20.0. The van der Waals surface area contributed by atoms with Crippen LogP contribution in [0.2, 0.25) is 0 Å². The summed E-state index contributed by atoms with van der Waals surface area (Å²) < 4.78 is 2.02. The van der Waals surface area contributed by atoms with Crippen LogP contribution in [0, 0.1) is 17.2 Å². The summed E-state index contributed by atoms with van der Waals surface area (Å²) in [6.45, 7) is 3.83. The van der Waals surface area contributed by atoms with Gasteiger partial charge in [-0.1, -0.05) is 25.1 Å². The molecule has 0 N–H and O–H groups in total. The van der Waals surface area contributed by atoms with Crippen molar-refractivity contribution in [1.82, 2.24) is 9.55 Å². The minimum atomic E-state index is -0.392. The lowest BCUT2D eigenvalue weighted by molar-refractivity contribution is -0.124. The van der Waals surface area contributed by atoms with Crippen molar-refractivity contribution < 1.29 is 9.59 Å². The van der Waals surface area contributed by atoms with Gasteiger partial charge in [-0.3, -0.25) is 9.59 Å². The molecule has 2 aliphatic heterocycles. The molecule has 2 aromatic carbocycles. The average Bonchev–Trinajstić information content (AvgIpc) is 3.53.